The summed E-state index contributed by atoms with van der Waals surface area (Å²) in [5.41, 5.74) is 16.8. The molecule has 2 saturated carbocycles. The van der Waals surface area contributed by atoms with Gasteiger partial charge in [0.25, 0.3) is 5.91 Å². The van der Waals surface area contributed by atoms with Gasteiger partial charge in [0.1, 0.15) is 0 Å². The Balaban J connectivity index is 1.52. The number of benzene rings is 2. The van der Waals surface area contributed by atoms with E-state index in [0.717, 1.165) is 36.0 Å². The number of hydrogen-bond acceptors (Lipinski definition) is 3. The highest BCUT2D eigenvalue weighted by molar-refractivity contribution is 6.04. The van der Waals surface area contributed by atoms with Crippen LogP contribution >= 0.6 is 0 Å². The highest BCUT2D eigenvalue weighted by Gasteiger charge is 2.42. The number of carbonyl (C=O) groups excluding carboxylic acids is 1. The van der Waals surface area contributed by atoms with E-state index >= 15 is 0 Å². The SMILES string of the molecule is CCC1CC=Nc2c(C(N)=O)c3c(c(-c4ccc5c(c4)ncn5C4CCCCC4)c21)C(C)C(C)CC1CCCCCC31. The predicted octanol–water partition coefficient (Wildman–Crippen LogP) is 9.71. The van der Waals surface area contributed by atoms with Gasteiger partial charge in [-0.3, -0.25) is 9.79 Å². The zero-order chi connectivity index (χ0) is 29.0. The number of aliphatic imine (C=N–C) groups is 1. The number of nitrogens with zero attached hydrogens (tertiary/aromatic N) is 3. The normalized spacial score (nSPS) is 28.0. The van der Waals surface area contributed by atoms with Crippen molar-refractivity contribution in [1.29, 1.82) is 0 Å². The van der Waals surface area contributed by atoms with Gasteiger partial charge < -0.3 is 10.3 Å². The lowest BCUT2D eigenvalue weighted by Gasteiger charge is -2.34. The van der Waals surface area contributed by atoms with Crippen LogP contribution in [0.3, 0.4) is 0 Å². The highest BCUT2D eigenvalue weighted by Crippen LogP contribution is 2.57. The first kappa shape index (κ1) is 27.9. The summed E-state index contributed by atoms with van der Waals surface area (Å²) in [6, 6.07) is 7.56. The van der Waals surface area contributed by atoms with Crippen molar-refractivity contribution in [3.63, 3.8) is 0 Å². The average molecular weight is 565 g/mol. The first-order valence-electron chi connectivity index (χ1n) is 17.0. The topological polar surface area (TPSA) is 73.3 Å². The van der Waals surface area contributed by atoms with Gasteiger partial charge in [-0.1, -0.05) is 65.4 Å². The number of imidazole rings is 1. The molecule has 222 valence electrons. The Morgan fingerprint density at radius 3 is 2.50 bits per heavy atom. The predicted molar refractivity (Wildman–Crippen MR) is 173 cm³/mol. The van der Waals surface area contributed by atoms with Crippen LogP contribution in [-0.4, -0.2) is 21.7 Å². The maximum absolute atomic E-state index is 13.5. The lowest BCUT2D eigenvalue weighted by Crippen LogP contribution is -2.23. The minimum absolute atomic E-state index is 0.297. The lowest BCUT2D eigenvalue weighted by molar-refractivity contribution is 0.0999. The van der Waals surface area contributed by atoms with Crippen molar-refractivity contribution in [3.05, 3.63) is 46.8 Å². The van der Waals surface area contributed by atoms with Gasteiger partial charge in [-0.05, 0) is 114 Å². The van der Waals surface area contributed by atoms with E-state index in [-0.39, 0.29) is 5.91 Å². The van der Waals surface area contributed by atoms with Crippen LogP contribution < -0.4 is 5.73 Å². The van der Waals surface area contributed by atoms with Gasteiger partial charge in [-0.15, -0.1) is 0 Å². The van der Waals surface area contributed by atoms with E-state index in [1.54, 1.807) is 0 Å². The molecule has 1 aromatic heterocycles. The summed E-state index contributed by atoms with van der Waals surface area (Å²) < 4.78 is 2.43. The van der Waals surface area contributed by atoms with Crippen LogP contribution in [0, 0.1) is 11.8 Å². The molecule has 2 aromatic carbocycles. The smallest absolute Gasteiger partial charge is 0.251 e. The molecule has 1 amide bonds. The minimum atomic E-state index is -0.297. The molecule has 2 N–H and O–H groups in total. The number of nitrogens with two attached hydrogens (primary N) is 1. The highest BCUT2D eigenvalue weighted by atomic mass is 16.1. The summed E-state index contributed by atoms with van der Waals surface area (Å²) in [5.74, 6) is 1.86. The van der Waals surface area contributed by atoms with Gasteiger partial charge in [0.05, 0.1) is 28.6 Å². The second-order valence-electron chi connectivity index (χ2n) is 14.0. The third-order valence-corrected chi connectivity index (χ3v) is 11.7. The quantitative estimate of drug-likeness (QED) is 0.342. The molecule has 0 spiro atoms. The maximum Gasteiger partial charge on any atom is 0.251 e. The van der Waals surface area contributed by atoms with Crippen molar-refractivity contribution in [2.45, 2.75) is 128 Å². The molecule has 0 bridgehead atoms. The van der Waals surface area contributed by atoms with Crippen LogP contribution in [0.2, 0.25) is 0 Å². The molecular weight excluding hydrogens is 516 g/mol. The van der Waals surface area contributed by atoms with Gasteiger partial charge in [0.15, 0.2) is 0 Å². The summed E-state index contributed by atoms with van der Waals surface area (Å²) in [6.45, 7) is 7.13. The Kier molecular flexibility index (Phi) is 7.48. The molecule has 3 aliphatic carbocycles. The number of aromatic nitrogens is 2. The number of hydrogen-bond donors (Lipinski definition) is 1. The molecule has 4 aliphatic rings. The van der Waals surface area contributed by atoms with Gasteiger partial charge in [0, 0.05) is 12.3 Å². The fourth-order valence-electron chi connectivity index (χ4n) is 9.36. The van der Waals surface area contributed by atoms with Crippen LogP contribution in [0.15, 0.2) is 29.5 Å². The van der Waals surface area contributed by atoms with E-state index < -0.39 is 0 Å². The summed E-state index contributed by atoms with van der Waals surface area (Å²) >= 11 is 0. The van der Waals surface area contributed by atoms with E-state index in [1.165, 1.54) is 97.5 Å². The van der Waals surface area contributed by atoms with Gasteiger partial charge in [-0.25, -0.2) is 4.98 Å². The fraction of sp³-hybridized carbons (Fsp3) is 0.595. The van der Waals surface area contributed by atoms with Crippen molar-refractivity contribution in [3.8, 4) is 11.1 Å². The Morgan fingerprint density at radius 2 is 1.74 bits per heavy atom. The first-order valence-corrected chi connectivity index (χ1v) is 17.0. The van der Waals surface area contributed by atoms with E-state index in [0.29, 0.717) is 35.6 Å². The Labute approximate surface area is 251 Å². The minimum Gasteiger partial charge on any atom is -0.366 e. The van der Waals surface area contributed by atoms with Crippen LogP contribution in [0.4, 0.5) is 5.69 Å². The first-order chi connectivity index (χ1) is 20.5. The molecule has 2 heterocycles. The fourth-order valence-corrected chi connectivity index (χ4v) is 9.36. The van der Waals surface area contributed by atoms with E-state index in [2.05, 4.69) is 49.9 Å². The molecular formula is C37H48N4O. The van der Waals surface area contributed by atoms with Gasteiger partial charge in [0.2, 0.25) is 0 Å². The molecule has 5 unspecified atom stereocenters. The molecule has 42 heavy (non-hydrogen) atoms. The van der Waals surface area contributed by atoms with Crippen LogP contribution in [0.25, 0.3) is 22.2 Å². The van der Waals surface area contributed by atoms with Crippen LogP contribution in [0.5, 0.6) is 0 Å². The molecule has 0 radical (unpaired) electrons. The molecule has 0 saturated heterocycles. The zero-order valence-electron chi connectivity index (χ0n) is 25.9. The number of primary amides is 1. The number of amides is 1. The van der Waals surface area contributed by atoms with Crippen molar-refractivity contribution >= 4 is 28.8 Å². The number of carbonyl (C=O) groups is 1. The second-order valence-corrected chi connectivity index (χ2v) is 14.0. The van der Waals surface area contributed by atoms with Gasteiger partial charge >= 0.3 is 0 Å². The zero-order valence-corrected chi connectivity index (χ0v) is 25.9. The molecule has 7 rings (SSSR count). The summed E-state index contributed by atoms with van der Waals surface area (Å²) in [4.78, 5) is 23.5. The molecule has 5 atom stereocenters. The summed E-state index contributed by atoms with van der Waals surface area (Å²) in [7, 11) is 0. The van der Waals surface area contributed by atoms with Gasteiger partial charge in [-0.2, -0.15) is 0 Å². The molecule has 5 heteroatoms. The molecule has 2 fully saturated rings. The summed E-state index contributed by atoms with van der Waals surface area (Å²) in [5, 5.41) is 0. The van der Waals surface area contributed by atoms with Crippen LogP contribution in [0.1, 0.15) is 155 Å². The second kappa shape index (κ2) is 11.3. The Hall–Kier alpha value is -2.95. The van der Waals surface area contributed by atoms with Crippen LogP contribution in [-0.2, 0) is 0 Å². The maximum atomic E-state index is 13.5. The van der Waals surface area contributed by atoms with E-state index in [9.17, 15) is 4.79 Å². The third kappa shape index (κ3) is 4.53. The molecule has 5 nitrogen and oxygen atoms in total. The lowest BCUT2D eigenvalue weighted by atomic mass is 9.71. The summed E-state index contributed by atoms with van der Waals surface area (Å²) in [6.07, 6.45) is 19.9. The monoisotopic (exact) mass is 564 g/mol. The standard InChI is InChI=1S/C37H48N4O/c1-4-24-17-18-39-36-33(24)32(26-15-16-30-29(20-26)40-21-41(30)27-12-8-6-9-13-27)31-23(3)22(2)19-25-11-7-5-10-14-28(25)34(31)35(36)37(38)42/h15-16,18,20-25,27-28H,4-14,17,19H2,1-3H3,(H2,38,42). The molecule has 3 aromatic rings. The Morgan fingerprint density at radius 1 is 0.976 bits per heavy atom. The average Bonchev–Trinajstić information content (AvgIpc) is 3.25. The molecule has 1 aliphatic heterocycles. The number of rotatable bonds is 4. The third-order valence-electron chi connectivity index (χ3n) is 11.7. The van der Waals surface area contributed by atoms with E-state index in [4.69, 9.17) is 15.7 Å². The van der Waals surface area contributed by atoms with Crippen molar-refractivity contribution in [2.75, 3.05) is 0 Å². The van der Waals surface area contributed by atoms with Crippen molar-refractivity contribution < 1.29 is 4.79 Å². The van der Waals surface area contributed by atoms with Crippen molar-refractivity contribution in [2.24, 2.45) is 22.6 Å². The van der Waals surface area contributed by atoms with Crippen molar-refractivity contribution in [1.82, 2.24) is 9.55 Å². The van der Waals surface area contributed by atoms with E-state index in [1.807, 2.05) is 6.21 Å². The Bertz CT molecular complexity index is 1530. The number of fused-ring (bicyclic) bond motifs is 5. The largest absolute Gasteiger partial charge is 0.366 e.